The minimum atomic E-state index is -0.621. The van der Waals surface area contributed by atoms with E-state index in [1.165, 1.54) is 34.1 Å². The van der Waals surface area contributed by atoms with Gasteiger partial charge in [-0.3, -0.25) is 9.59 Å². The number of fused-ring (bicyclic) bond motifs is 1. The number of ether oxygens (including phenoxy) is 1. The summed E-state index contributed by atoms with van der Waals surface area (Å²) in [4.78, 5) is 30.8. The first kappa shape index (κ1) is 24.9. The van der Waals surface area contributed by atoms with Crippen LogP contribution in [0.15, 0.2) is 66.6 Å². The second kappa shape index (κ2) is 11.1. The Morgan fingerprint density at radius 1 is 1.29 bits per heavy atom. The van der Waals surface area contributed by atoms with Crippen molar-refractivity contribution in [2.45, 2.75) is 19.4 Å². The maximum Gasteiger partial charge on any atom is 0.257 e. The molecule has 1 atom stereocenters. The van der Waals surface area contributed by atoms with Crippen molar-refractivity contribution in [3.05, 3.63) is 99.0 Å². The molecule has 0 fully saturated rings. The van der Waals surface area contributed by atoms with Crippen molar-refractivity contribution in [1.82, 2.24) is 9.80 Å². The Morgan fingerprint density at radius 2 is 2.09 bits per heavy atom. The lowest BCUT2D eigenvalue weighted by Gasteiger charge is -2.37. The number of aryl methyl sites for hydroxylation is 1. The molecule has 2 amide bonds. The van der Waals surface area contributed by atoms with Gasteiger partial charge in [0, 0.05) is 23.0 Å². The maximum absolute atomic E-state index is 14.2. The zero-order valence-electron chi connectivity index (χ0n) is 19.4. The minimum Gasteiger partial charge on any atom is -0.491 e. The van der Waals surface area contributed by atoms with Gasteiger partial charge in [-0.15, -0.1) is 17.9 Å². The number of thiophene rings is 1. The third kappa shape index (κ3) is 5.57. The lowest BCUT2D eigenvalue weighted by atomic mass is 10.0. The topological polar surface area (TPSA) is 49.9 Å². The van der Waals surface area contributed by atoms with Crippen molar-refractivity contribution in [3.63, 3.8) is 0 Å². The second-order valence-electron chi connectivity index (χ2n) is 8.33. The molecule has 35 heavy (non-hydrogen) atoms. The van der Waals surface area contributed by atoms with Crippen molar-refractivity contribution in [1.29, 1.82) is 0 Å². The lowest BCUT2D eigenvalue weighted by Crippen LogP contribution is -2.48. The molecule has 5 nitrogen and oxygen atoms in total. The van der Waals surface area contributed by atoms with Gasteiger partial charge < -0.3 is 14.5 Å². The predicted octanol–water partition coefficient (Wildman–Crippen LogP) is 5.68. The number of amides is 2. The summed E-state index contributed by atoms with van der Waals surface area (Å²) in [5.74, 6) is -0.725. The molecule has 4 rings (SSSR count). The van der Waals surface area contributed by atoms with Gasteiger partial charge in [-0.05, 0) is 66.2 Å². The highest BCUT2D eigenvalue weighted by Crippen LogP contribution is 2.34. The predicted molar refractivity (Wildman–Crippen MR) is 137 cm³/mol. The molecule has 1 aliphatic heterocycles. The molecule has 1 unspecified atom stereocenters. The number of hydrogen-bond acceptors (Lipinski definition) is 4. The number of carbonyl (C=O) groups excluding carboxylic acids is 2. The Hall–Kier alpha value is -3.16. The van der Waals surface area contributed by atoms with Crippen LogP contribution in [0.25, 0.3) is 0 Å². The Bertz CT molecular complexity index is 1240. The van der Waals surface area contributed by atoms with Gasteiger partial charge in [-0.25, -0.2) is 4.39 Å². The highest BCUT2D eigenvalue weighted by molar-refractivity contribution is 7.10. The van der Waals surface area contributed by atoms with Crippen LogP contribution < -0.4 is 4.74 Å². The number of hydrogen-bond donors (Lipinski definition) is 0. The van der Waals surface area contributed by atoms with Crippen LogP contribution in [-0.2, 0) is 11.2 Å². The number of benzene rings is 2. The summed E-state index contributed by atoms with van der Waals surface area (Å²) in [7, 11) is 0. The number of halogens is 2. The molecule has 1 aliphatic rings. The Labute approximate surface area is 213 Å². The molecule has 0 N–H and O–H groups in total. The highest BCUT2D eigenvalue weighted by atomic mass is 35.5. The molecule has 0 saturated carbocycles. The van der Waals surface area contributed by atoms with E-state index in [4.69, 9.17) is 16.3 Å². The average molecular weight is 513 g/mol. The Kier molecular flexibility index (Phi) is 7.88. The number of rotatable bonds is 8. The fraction of sp³-hybridized carbons (Fsp3) is 0.259. The fourth-order valence-electron chi connectivity index (χ4n) is 4.19. The van der Waals surface area contributed by atoms with Crippen molar-refractivity contribution in [3.8, 4) is 5.75 Å². The van der Waals surface area contributed by atoms with Gasteiger partial charge in [0.05, 0.1) is 11.6 Å². The molecule has 0 aliphatic carbocycles. The molecule has 2 aromatic carbocycles. The van der Waals surface area contributed by atoms with Crippen LogP contribution in [0.3, 0.4) is 0 Å². The monoisotopic (exact) mass is 512 g/mol. The van der Waals surface area contributed by atoms with E-state index in [9.17, 15) is 14.0 Å². The van der Waals surface area contributed by atoms with E-state index in [2.05, 4.69) is 6.58 Å². The first-order chi connectivity index (χ1) is 16.9. The van der Waals surface area contributed by atoms with Gasteiger partial charge in [0.25, 0.3) is 5.91 Å². The smallest absolute Gasteiger partial charge is 0.257 e. The second-order valence-corrected chi connectivity index (χ2v) is 9.74. The van der Waals surface area contributed by atoms with Crippen molar-refractivity contribution >= 4 is 34.8 Å². The van der Waals surface area contributed by atoms with Gasteiger partial charge in [-0.1, -0.05) is 29.8 Å². The normalized spacial score (nSPS) is 14.8. The van der Waals surface area contributed by atoms with Crippen LogP contribution in [0.2, 0.25) is 5.02 Å². The molecule has 0 saturated heterocycles. The lowest BCUT2D eigenvalue weighted by molar-refractivity contribution is -0.135. The molecular formula is C27H26ClFN2O3S. The SMILES string of the molecule is C=CCN(CC(=O)N1CCc2sccc2C1COc1ccc(Cl)c(C)c1)C(=O)c1ccccc1F. The summed E-state index contributed by atoms with van der Waals surface area (Å²) >= 11 is 7.79. The third-order valence-electron chi connectivity index (χ3n) is 6.02. The molecule has 0 spiro atoms. The van der Waals surface area contributed by atoms with E-state index in [1.807, 2.05) is 24.4 Å². The molecule has 2 heterocycles. The zero-order chi connectivity index (χ0) is 24.9. The van der Waals surface area contributed by atoms with Crippen LogP contribution in [0.5, 0.6) is 5.75 Å². The molecule has 182 valence electrons. The summed E-state index contributed by atoms with van der Waals surface area (Å²) in [5.41, 5.74) is 1.89. The van der Waals surface area contributed by atoms with Gasteiger partial charge in [-0.2, -0.15) is 0 Å². The Balaban J connectivity index is 1.54. The van der Waals surface area contributed by atoms with Gasteiger partial charge >= 0.3 is 0 Å². The van der Waals surface area contributed by atoms with Crippen molar-refractivity contribution in [2.75, 3.05) is 26.2 Å². The van der Waals surface area contributed by atoms with E-state index < -0.39 is 11.7 Å². The van der Waals surface area contributed by atoms with E-state index in [0.29, 0.717) is 17.3 Å². The average Bonchev–Trinajstić information content (AvgIpc) is 3.33. The summed E-state index contributed by atoms with van der Waals surface area (Å²) < 4.78 is 20.3. The first-order valence-corrected chi connectivity index (χ1v) is 12.5. The van der Waals surface area contributed by atoms with Crippen molar-refractivity contribution < 1.29 is 18.7 Å². The highest BCUT2D eigenvalue weighted by Gasteiger charge is 2.33. The van der Waals surface area contributed by atoms with E-state index in [-0.39, 0.29) is 37.2 Å². The molecule has 0 bridgehead atoms. The van der Waals surface area contributed by atoms with Gasteiger partial charge in [0.1, 0.15) is 24.7 Å². The van der Waals surface area contributed by atoms with Crippen LogP contribution in [0.1, 0.15) is 32.4 Å². The van der Waals surface area contributed by atoms with E-state index in [0.717, 1.165) is 17.5 Å². The van der Waals surface area contributed by atoms with Gasteiger partial charge in [0.2, 0.25) is 5.91 Å². The summed E-state index contributed by atoms with van der Waals surface area (Å²) in [6.45, 7) is 6.31. The van der Waals surface area contributed by atoms with E-state index >= 15 is 0 Å². The van der Waals surface area contributed by atoms with Crippen LogP contribution >= 0.6 is 22.9 Å². The molecule has 8 heteroatoms. The summed E-state index contributed by atoms with van der Waals surface area (Å²) in [6, 6.07) is 12.9. The summed E-state index contributed by atoms with van der Waals surface area (Å²) in [6.07, 6.45) is 2.26. The van der Waals surface area contributed by atoms with Crippen molar-refractivity contribution in [2.24, 2.45) is 0 Å². The first-order valence-electron chi connectivity index (χ1n) is 11.3. The Morgan fingerprint density at radius 3 is 2.83 bits per heavy atom. The number of nitrogens with zero attached hydrogens (tertiary/aromatic N) is 2. The zero-order valence-corrected chi connectivity index (χ0v) is 20.9. The third-order valence-corrected chi connectivity index (χ3v) is 7.44. The molecule has 1 aromatic heterocycles. The quantitative estimate of drug-likeness (QED) is 0.365. The molecule has 0 radical (unpaired) electrons. The van der Waals surface area contributed by atoms with Gasteiger partial charge in [0.15, 0.2) is 0 Å². The standard InChI is InChI=1S/C27H26ClFN2O3S/c1-3-12-30(27(33)20-6-4-5-7-23(20)29)16-26(32)31-13-10-25-21(11-14-35-25)24(31)17-34-19-8-9-22(28)18(2)15-19/h3-9,11,14-15,24H,1,10,12-13,16-17H2,2H3. The molecule has 3 aromatic rings. The largest absolute Gasteiger partial charge is 0.491 e. The number of carbonyl (C=O) groups is 2. The summed E-state index contributed by atoms with van der Waals surface area (Å²) in [5, 5.41) is 2.68. The van der Waals surface area contributed by atoms with E-state index in [1.54, 1.807) is 34.4 Å². The van der Waals surface area contributed by atoms with Crippen LogP contribution in [0.4, 0.5) is 4.39 Å². The maximum atomic E-state index is 14.2. The molecular weight excluding hydrogens is 487 g/mol. The van der Waals surface area contributed by atoms with Crippen LogP contribution in [0, 0.1) is 12.7 Å². The minimum absolute atomic E-state index is 0.0705. The van der Waals surface area contributed by atoms with Crippen LogP contribution in [-0.4, -0.2) is 47.9 Å². The fourth-order valence-corrected chi connectivity index (χ4v) is 5.24.